The molecule has 0 heterocycles. The molecule has 0 aromatic carbocycles. The number of hydrogen-bond donors (Lipinski definition) is 9. The van der Waals surface area contributed by atoms with Gasteiger partial charge in [0.25, 0.3) is 0 Å². The van der Waals surface area contributed by atoms with Gasteiger partial charge in [0.1, 0.15) is 48.7 Å². The van der Waals surface area contributed by atoms with Crippen molar-refractivity contribution in [1.29, 1.82) is 0 Å². The van der Waals surface area contributed by atoms with E-state index < -0.39 is 120 Å². The molecule has 0 unspecified atom stereocenters. The van der Waals surface area contributed by atoms with E-state index in [2.05, 4.69) is 31.9 Å². The van der Waals surface area contributed by atoms with Gasteiger partial charge in [0.15, 0.2) is 0 Å². The Hall–Kier alpha value is -6.28. The first-order valence-corrected chi connectivity index (χ1v) is 32.5. The van der Waals surface area contributed by atoms with Gasteiger partial charge in [-0.15, -0.1) is 0 Å². The van der Waals surface area contributed by atoms with E-state index >= 15 is 0 Å². The predicted molar refractivity (Wildman–Crippen MR) is 349 cm³/mol. The van der Waals surface area contributed by atoms with Crippen molar-refractivity contribution in [3.63, 3.8) is 0 Å². The molecule has 102 heavy (non-hydrogen) atoms. The van der Waals surface area contributed by atoms with Crippen molar-refractivity contribution in [3.8, 4) is 0 Å². The van der Waals surface area contributed by atoms with Crippen LogP contribution < -0.4 is 61.5 Å². The van der Waals surface area contributed by atoms with Crippen LogP contribution in [0.2, 0.25) is 0 Å². The Labute approximate surface area is 616 Å². The second-order valence-corrected chi connectivity index (χ2v) is 23.1. The zero-order valence-electron chi connectivity index (χ0n) is 60.8. The van der Waals surface area contributed by atoms with Crippen molar-refractivity contribution >= 4 is 71.6 Å². The van der Waals surface area contributed by atoms with Crippen molar-refractivity contribution < 1.29 is 188 Å². The summed E-state index contributed by atoms with van der Waals surface area (Å²) in [5, 5.41) is 42.2. The molecule has 0 aliphatic carbocycles. The van der Waals surface area contributed by atoms with Gasteiger partial charge in [-0.25, -0.2) is 9.59 Å². The van der Waals surface area contributed by atoms with E-state index in [9.17, 15) is 57.5 Å². The first-order chi connectivity index (χ1) is 47.4. The predicted octanol–water partition coefficient (Wildman–Crippen LogP) is -3.73. The van der Waals surface area contributed by atoms with Gasteiger partial charge in [0.05, 0.1) is 190 Å². The van der Waals surface area contributed by atoms with Crippen LogP contribution in [-0.4, -0.2) is 319 Å². The van der Waals surface area contributed by atoms with E-state index in [1.807, 2.05) is 0 Å². The Bertz CT molecular complexity index is 2210. The molecule has 6 amide bonds. The van der Waals surface area contributed by atoms with Gasteiger partial charge in [-0.05, 0) is 62.3 Å². The maximum atomic E-state index is 13.0. The third-order valence-corrected chi connectivity index (χ3v) is 11.4. The van der Waals surface area contributed by atoms with Crippen LogP contribution in [-0.2, 0) is 128 Å². The molecule has 0 saturated carbocycles. The average Bonchev–Trinajstić information content (AvgIpc) is 0.861. The molecule has 10 N–H and O–H groups in total. The van der Waals surface area contributed by atoms with Crippen molar-refractivity contribution in [2.45, 2.75) is 123 Å². The van der Waals surface area contributed by atoms with E-state index in [-0.39, 0.29) is 252 Å². The molecule has 588 valence electrons. The zero-order valence-corrected chi connectivity index (χ0v) is 62.8. The Morgan fingerprint density at radius 2 is 0.539 bits per heavy atom. The number of esters is 3. The number of carboxylic acid groups (broad SMARTS) is 3. The quantitative estimate of drug-likeness (QED) is 0.0122. The molecule has 0 aromatic heterocycles. The molecule has 0 rings (SSSR count). The number of aliphatic carboxylic acids is 3. The fraction of sp³-hybridized carbons (Fsp3) is 0.806. The first-order valence-electron chi connectivity index (χ1n) is 32.5. The molecule has 0 spiro atoms. The SMILES string of the molecule is CC(C)(C)OC(=O)NCCOCCOCCNC(=O)COCC(=O)NC(COCCC(=O)O)(COCCC(=O)O)COCCC(=O)O.CCOC(=O)CCOCC(COCCC(=O)OCC)(COCCC(=O)OCC)NC(=O)COCC(=O)NCCOCCOCCNC(=O)OC(C)(C)C.[Na+].[OH-]. The summed E-state index contributed by atoms with van der Waals surface area (Å²) in [5.74, 6) is -7.14. The fourth-order valence-corrected chi connectivity index (χ4v) is 7.20. The van der Waals surface area contributed by atoms with Crippen molar-refractivity contribution in [3.05, 3.63) is 0 Å². The Balaban J connectivity index is -0.000000930. The van der Waals surface area contributed by atoms with E-state index in [1.165, 1.54) is 0 Å². The number of carbonyl (C=O) groups is 12. The van der Waals surface area contributed by atoms with E-state index in [0.29, 0.717) is 0 Å². The smallest absolute Gasteiger partial charge is 0.870 e. The van der Waals surface area contributed by atoms with Crippen LogP contribution in [0, 0.1) is 0 Å². The van der Waals surface area contributed by atoms with E-state index in [0.717, 1.165) is 0 Å². The second-order valence-electron chi connectivity index (χ2n) is 23.1. The molecule has 0 bridgehead atoms. The van der Waals surface area contributed by atoms with Gasteiger partial charge in [-0.2, -0.15) is 0 Å². The van der Waals surface area contributed by atoms with Crippen LogP contribution in [0.15, 0.2) is 0 Å². The van der Waals surface area contributed by atoms with Crippen LogP contribution in [0.5, 0.6) is 0 Å². The molecule has 0 radical (unpaired) electrons. The van der Waals surface area contributed by atoms with Crippen LogP contribution >= 0.6 is 0 Å². The maximum Gasteiger partial charge on any atom is 1.00 e. The topological polar surface area (TPSA) is 525 Å². The summed E-state index contributed by atoms with van der Waals surface area (Å²) in [6.07, 6.45) is -2.21. The van der Waals surface area contributed by atoms with Crippen molar-refractivity contribution in [1.82, 2.24) is 31.9 Å². The van der Waals surface area contributed by atoms with Gasteiger partial charge in [0, 0.05) is 26.2 Å². The maximum absolute atomic E-state index is 13.0. The number of ether oxygens (including phenoxy) is 17. The normalized spacial score (nSPS) is 11.2. The summed E-state index contributed by atoms with van der Waals surface area (Å²) >= 11 is 0. The zero-order chi connectivity index (χ0) is 75.4. The van der Waals surface area contributed by atoms with Crippen LogP contribution in [0.25, 0.3) is 0 Å². The second kappa shape index (κ2) is 64.3. The first kappa shape index (κ1) is 102. The van der Waals surface area contributed by atoms with Gasteiger partial charge in [-0.3, -0.25) is 47.9 Å². The minimum atomic E-state index is -1.46. The number of alkyl carbamates (subject to hydrolysis) is 2. The number of hydrogen-bond acceptors (Lipinski definition) is 30. The standard InChI is InChI=1S/C34H61N3O16.C28H49N3O16.Na.H2O/c1-7-50-29(40)10-15-46-24-34(25-47-16-11-30(41)51-8-2,26-48-17-12-31(42)52-9-3)37-28(39)23-49-22-27(38)35-13-18-44-20-21-45-19-14-36-32(43)53-33(4,5)6;1-27(2,3)47-26(40)30-8-13-42-15-14-41-12-7-29-21(32)16-46-17-22(33)31-28(18-43-9-4-23(34)35,19-44-10-5-24(36)37)20-45-11-6-25(38)39;;/h7-26H2,1-6H3,(H,35,38)(H,36,43)(H,37,39);4-20H2,1-3H3,(H,29,32)(H,30,40)(H,31,33)(H,34,35)(H,36,37)(H,38,39);;1H2/q;;+1;/p-1. The summed E-state index contributed by atoms with van der Waals surface area (Å²) in [4.78, 5) is 141. The number of nitrogens with one attached hydrogen (secondary N) is 6. The molecular weight excluding hydrogens is 1380 g/mol. The van der Waals surface area contributed by atoms with Gasteiger partial charge in [0.2, 0.25) is 23.6 Å². The third-order valence-electron chi connectivity index (χ3n) is 11.4. The number of carbonyl (C=O) groups excluding carboxylic acids is 9. The molecule has 0 fully saturated rings. The summed E-state index contributed by atoms with van der Waals surface area (Å²) < 4.78 is 90.2. The van der Waals surface area contributed by atoms with E-state index in [1.54, 1.807) is 62.3 Å². The Kier molecular flexibility index (Phi) is 64.4. The molecule has 0 aliphatic rings. The van der Waals surface area contributed by atoms with Gasteiger partial charge >= 0.3 is 77.6 Å². The summed E-state index contributed by atoms with van der Waals surface area (Å²) in [6.45, 7) is 14.9. The third kappa shape index (κ3) is 68.2. The van der Waals surface area contributed by atoms with Gasteiger partial charge < -0.3 is 133 Å². The van der Waals surface area contributed by atoms with Crippen molar-refractivity contribution in [2.75, 3.05) is 205 Å². The summed E-state index contributed by atoms with van der Waals surface area (Å²) in [7, 11) is 0. The molecule has 0 aromatic rings. The molecule has 39 nitrogen and oxygen atoms in total. The van der Waals surface area contributed by atoms with Crippen LogP contribution in [0.4, 0.5) is 9.59 Å². The largest absolute Gasteiger partial charge is 1.00 e. The van der Waals surface area contributed by atoms with Crippen LogP contribution in [0.1, 0.15) is 101 Å². The fourth-order valence-electron chi connectivity index (χ4n) is 7.20. The van der Waals surface area contributed by atoms with E-state index in [4.69, 9.17) is 95.8 Å². The average molecular weight is 1490 g/mol. The molecular formula is C62H111N6NaO33. The minimum Gasteiger partial charge on any atom is -0.870 e. The number of carboxylic acids is 3. The molecule has 0 saturated heterocycles. The molecule has 40 heteroatoms. The molecule has 0 atom stereocenters. The van der Waals surface area contributed by atoms with Crippen molar-refractivity contribution in [2.24, 2.45) is 0 Å². The van der Waals surface area contributed by atoms with Crippen LogP contribution in [0.3, 0.4) is 0 Å². The minimum absolute atomic E-state index is 0. The monoisotopic (exact) mass is 1490 g/mol. The molecule has 0 aliphatic heterocycles. The Morgan fingerprint density at radius 1 is 0.304 bits per heavy atom. The van der Waals surface area contributed by atoms with Gasteiger partial charge in [-0.1, -0.05) is 0 Å². The number of rotatable bonds is 61. The summed E-state index contributed by atoms with van der Waals surface area (Å²) in [5.41, 5.74) is -3.98. The number of amides is 6. The Morgan fingerprint density at radius 3 is 0.775 bits per heavy atom. The summed E-state index contributed by atoms with van der Waals surface area (Å²) in [6, 6.07) is 0.